The number of fused-ring (bicyclic) bond motifs is 1. The Balaban J connectivity index is 1.47. The van der Waals surface area contributed by atoms with Crippen molar-refractivity contribution in [2.24, 2.45) is 5.73 Å². The van der Waals surface area contributed by atoms with E-state index in [0.29, 0.717) is 29.0 Å². The number of rotatable bonds is 6. The average Bonchev–Trinajstić information content (AvgIpc) is 2.82. The number of alkyl halides is 3. The Morgan fingerprint density at radius 2 is 1.68 bits per heavy atom. The molecular formula is C24H18F3N5O2. The normalized spacial score (nSPS) is 11.3. The van der Waals surface area contributed by atoms with Crippen molar-refractivity contribution in [2.45, 2.75) is 12.7 Å². The summed E-state index contributed by atoms with van der Waals surface area (Å²) in [6.45, 7) is 0.344. The third-order valence-electron chi connectivity index (χ3n) is 5.05. The van der Waals surface area contributed by atoms with E-state index < -0.39 is 23.6 Å². The molecule has 1 aromatic heterocycles. The summed E-state index contributed by atoms with van der Waals surface area (Å²) in [5.41, 5.74) is 6.71. The zero-order chi connectivity index (χ0) is 24.3. The van der Waals surface area contributed by atoms with Gasteiger partial charge < -0.3 is 16.4 Å². The highest BCUT2D eigenvalue weighted by Crippen LogP contribution is 2.29. The number of halogens is 3. The Bertz CT molecular complexity index is 1370. The van der Waals surface area contributed by atoms with Crippen LogP contribution in [0.4, 0.5) is 24.7 Å². The van der Waals surface area contributed by atoms with Gasteiger partial charge in [0.15, 0.2) is 0 Å². The molecule has 0 saturated carbocycles. The summed E-state index contributed by atoms with van der Waals surface area (Å²) in [6, 6.07) is 16.0. The van der Waals surface area contributed by atoms with Gasteiger partial charge in [-0.1, -0.05) is 18.2 Å². The molecule has 2 amide bonds. The summed E-state index contributed by atoms with van der Waals surface area (Å²) < 4.78 is 38.1. The Kier molecular flexibility index (Phi) is 6.13. The smallest absolute Gasteiger partial charge is 0.366 e. The molecule has 0 aliphatic heterocycles. The molecule has 0 aliphatic carbocycles. The fourth-order valence-electron chi connectivity index (χ4n) is 3.39. The molecule has 0 radical (unpaired) electrons. The monoisotopic (exact) mass is 465 g/mol. The van der Waals surface area contributed by atoms with E-state index in [4.69, 9.17) is 5.73 Å². The lowest BCUT2D eigenvalue weighted by molar-refractivity contribution is -0.137. The SMILES string of the molecule is NC(=O)c1cccc2c(NCc3cccc(NC(=O)c4ccc(C(F)(F)F)cc4)c3)ncnc12. The van der Waals surface area contributed by atoms with E-state index in [-0.39, 0.29) is 11.1 Å². The molecule has 4 aromatic rings. The predicted molar refractivity (Wildman–Crippen MR) is 121 cm³/mol. The number of para-hydroxylation sites is 1. The van der Waals surface area contributed by atoms with Gasteiger partial charge in [0, 0.05) is 23.2 Å². The van der Waals surface area contributed by atoms with E-state index in [2.05, 4.69) is 20.6 Å². The number of hydrogen-bond acceptors (Lipinski definition) is 5. The number of carbonyl (C=O) groups excluding carboxylic acids is 2. The highest BCUT2D eigenvalue weighted by atomic mass is 19.4. The fourth-order valence-corrected chi connectivity index (χ4v) is 3.39. The third-order valence-corrected chi connectivity index (χ3v) is 5.05. The molecule has 7 nitrogen and oxygen atoms in total. The summed E-state index contributed by atoms with van der Waals surface area (Å²) in [7, 11) is 0. The lowest BCUT2D eigenvalue weighted by Gasteiger charge is -2.11. The highest BCUT2D eigenvalue weighted by Gasteiger charge is 2.30. The first-order chi connectivity index (χ1) is 16.2. The summed E-state index contributed by atoms with van der Waals surface area (Å²) >= 11 is 0. The first kappa shape index (κ1) is 22.7. The van der Waals surface area contributed by atoms with Crippen LogP contribution in [0.15, 0.2) is 73.1 Å². The van der Waals surface area contributed by atoms with E-state index in [1.54, 1.807) is 36.4 Å². The minimum atomic E-state index is -4.47. The number of nitrogens with zero attached hydrogens (tertiary/aromatic N) is 2. The summed E-state index contributed by atoms with van der Waals surface area (Å²) in [4.78, 5) is 32.5. The maximum Gasteiger partial charge on any atom is 0.416 e. The molecule has 3 aromatic carbocycles. The number of benzene rings is 3. The first-order valence-corrected chi connectivity index (χ1v) is 10.1. The molecule has 0 bridgehead atoms. The second-order valence-corrected chi connectivity index (χ2v) is 7.37. The van der Waals surface area contributed by atoms with E-state index >= 15 is 0 Å². The molecule has 0 aliphatic rings. The van der Waals surface area contributed by atoms with Crippen LogP contribution in [0, 0.1) is 0 Å². The fraction of sp³-hybridized carbons (Fsp3) is 0.0833. The lowest BCUT2D eigenvalue weighted by atomic mass is 10.1. The van der Waals surface area contributed by atoms with E-state index in [9.17, 15) is 22.8 Å². The molecule has 1 heterocycles. The number of nitrogens with two attached hydrogens (primary N) is 1. The quantitative estimate of drug-likeness (QED) is 0.385. The lowest BCUT2D eigenvalue weighted by Crippen LogP contribution is -2.13. The van der Waals surface area contributed by atoms with E-state index in [0.717, 1.165) is 29.8 Å². The second kappa shape index (κ2) is 9.18. The van der Waals surface area contributed by atoms with Gasteiger partial charge in [0.05, 0.1) is 16.6 Å². The van der Waals surface area contributed by atoms with Gasteiger partial charge in [-0.2, -0.15) is 13.2 Å². The van der Waals surface area contributed by atoms with Gasteiger partial charge in [0.25, 0.3) is 11.8 Å². The molecule has 0 unspecified atom stereocenters. The van der Waals surface area contributed by atoms with Crippen LogP contribution in [0.25, 0.3) is 10.9 Å². The van der Waals surface area contributed by atoms with Gasteiger partial charge in [0.1, 0.15) is 12.1 Å². The molecule has 4 rings (SSSR count). The van der Waals surface area contributed by atoms with Crippen LogP contribution in [0.2, 0.25) is 0 Å². The van der Waals surface area contributed by atoms with Gasteiger partial charge in [-0.3, -0.25) is 9.59 Å². The molecule has 172 valence electrons. The number of carbonyl (C=O) groups is 2. The number of primary amides is 1. The Labute approximate surface area is 191 Å². The maximum absolute atomic E-state index is 12.7. The number of aromatic nitrogens is 2. The van der Waals surface area contributed by atoms with Crippen LogP contribution in [-0.2, 0) is 12.7 Å². The molecule has 10 heteroatoms. The van der Waals surface area contributed by atoms with Gasteiger partial charge >= 0.3 is 6.18 Å². The molecule has 34 heavy (non-hydrogen) atoms. The van der Waals surface area contributed by atoms with Gasteiger partial charge in [-0.15, -0.1) is 0 Å². The van der Waals surface area contributed by atoms with Crippen LogP contribution in [0.5, 0.6) is 0 Å². The van der Waals surface area contributed by atoms with Crippen molar-refractivity contribution >= 4 is 34.2 Å². The average molecular weight is 465 g/mol. The summed E-state index contributed by atoms with van der Waals surface area (Å²) in [5, 5.41) is 6.49. The molecule has 0 atom stereocenters. The molecule has 0 saturated heterocycles. The van der Waals surface area contributed by atoms with Crippen molar-refractivity contribution in [3.8, 4) is 0 Å². The third kappa shape index (κ3) is 4.96. The summed E-state index contributed by atoms with van der Waals surface area (Å²) in [6.07, 6.45) is -3.13. The van der Waals surface area contributed by atoms with E-state index in [1.165, 1.54) is 6.33 Å². The first-order valence-electron chi connectivity index (χ1n) is 10.1. The number of hydrogen-bond donors (Lipinski definition) is 3. The standard InChI is InChI=1S/C24H18F3N5O2/c25-24(26,27)16-9-7-15(8-10-16)23(34)32-17-4-1-3-14(11-17)12-29-22-19-6-2-5-18(21(28)33)20(19)30-13-31-22/h1-11,13H,12H2,(H2,28,33)(H,32,34)(H,29,30,31). The Morgan fingerprint density at radius 1 is 0.941 bits per heavy atom. The van der Waals surface area contributed by atoms with Crippen LogP contribution in [-0.4, -0.2) is 21.8 Å². The second-order valence-electron chi connectivity index (χ2n) is 7.37. The molecule has 0 spiro atoms. The van der Waals surface area contributed by atoms with Crippen LogP contribution >= 0.6 is 0 Å². The van der Waals surface area contributed by atoms with E-state index in [1.807, 2.05) is 6.07 Å². The van der Waals surface area contributed by atoms with Crippen molar-refractivity contribution in [1.82, 2.24) is 9.97 Å². The van der Waals surface area contributed by atoms with Gasteiger partial charge in [0.2, 0.25) is 0 Å². The van der Waals surface area contributed by atoms with Crippen LogP contribution in [0.1, 0.15) is 31.8 Å². The topological polar surface area (TPSA) is 110 Å². The highest BCUT2D eigenvalue weighted by molar-refractivity contribution is 6.07. The molecule has 4 N–H and O–H groups in total. The summed E-state index contributed by atoms with van der Waals surface area (Å²) in [5.74, 6) is -0.612. The zero-order valence-electron chi connectivity index (χ0n) is 17.6. The largest absolute Gasteiger partial charge is 0.416 e. The number of anilines is 2. The zero-order valence-corrected chi connectivity index (χ0v) is 17.6. The minimum absolute atomic E-state index is 0.106. The van der Waals surface area contributed by atoms with Crippen molar-refractivity contribution in [2.75, 3.05) is 10.6 Å². The number of nitrogens with one attached hydrogen (secondary N) is 2. The van der Waals surface area contributed by atoms with Crippen molar-refractivity contribution in [3.05, 3.63) is 95.3 Å². The number of amides is 2. The minimum Gasteiger partial charge on any atom is -0.366 e. The van der Waals surface area contributed by atoms with Crippen LogP contribution < -0.4 is 16.4 Å². The Hall–Kier alpha value is -4.47. The predicted octanol–water partition coefficient (Wildman–Crippen LogP) is 4.61. The molecular weight excluding hydrogens is 447 g/mol. The van der Waals surface area contributed by atoms with Crippen LogP contribution in [0.3, 0.4) is 0 Å². The molecule has 0 fully saturated rings. The Morgan fingerprint density at radius 3 is 2.38 bits per heavy atom. The van der Waals surface area contributed by atoms with Crippen molar-refractivity contribution in [3.63, 3.8) is 0 Å². The van der Waals surface area contributed by atoms with Gasteiger partial charge in [-0.05, 0) is 54.1 Å². The van der Waals surface area contributed by atoms with Gasteiger partial charge in [-0.25, -0.2) is 9.97 Å². The van der Waals surface area contributed by atoms with Crippen molar-refractivity contribution in [1.29, 1.82) is 0 Å². The maximum atomic E-state index is 12.7. The van der Waals surface area contributed by atoms with Crippen molar-refractivity contribution < 1.29 is 22.8 Å².